The van der Waals surface area contributed by atoms with Crippen LogP contribution in [0.3, 0.4) is 0 Å². The van der Waals surface area contributed by atoms with E-state index in [9.17, 15) is 9.59 Å². The number of thiazole rings is 1. The SMILES string of the molecule is C[C@H](Cc1nc2ccccc2s1)NC(=O)c1ccn(C)c(=O)c1. The second-order valence-corrected chi connectivity index (χ2v) is 6.63. The van der Waals surface area contributed by atoms with E-state index >= 15 is 0 Å². The molecule has 0 bridgehead atoms. The van der Waals surface area contributed by atoms with Gasteiger partial charge in [0.1, 0.15) is 0 Å². The van der Waals surface area contributed by atoms with E-state index in [4.69, 9.17) is 0 Å². The number of carbonyl (C=O) groups excluding carboxylic acids is 1. The van der Waals surface area contributed by atoms with Crippen LogP contribution in [0, 0.1) is 0 Å². The molecule has 3 aromatic rings. The molecule has 1 amide bonds. The number of aromatic nitrogens is 2. The van der Waals surface area contributed by atoms with Crippen molar-refractivity contribution in [2.45, 2.75) is 19.4 Å². The standard InChI is InChI=1S/C17H17N3O2S/c1-11(9-15-19-13-5-3-4-6-14(13)23-15)18-17(22)12-7-8-20(2)16(21)10-12/h3-8,10-11H,9H2,1-2H3,(H,18,22)/t11-/m1/s1. The number of aryl methyl sites for hydroxylation is 1. The van der Waals surface area contributed by atoms with Crippen molar-refractivity contribution in [2.75, 3.05) is 0 Å². The Hall–Kier alpha value is -2.47. The monoisotopic (exact) mass is 327 g/mol. The number of hydrogen-bond acceptors (Lipinski definition) is 4. The van der Waals surface area contributed by atoms with E-state index < -0.39 is 0 Å². The van der Waals surface area contributed by atoms with E-state index in [0.29, 0.717) is 12.0 Å². The van der Waals surface area contributed by atoms with Crippen LogP contribution in [0.5, 0.6) is 0 Å². The summed E-state index contributed by atoms with van der Waals surface area (Å²) in [5.41, 5.74) is 1.17. The Bertz CT molecular complexity index is 880. The predicted octanol–water partition coefficient (Wildman–Crippen LogP) is 2.36. The number of amides is 1. The predicted molar refractivity (Wildman–Crippen MR) is 91.9 cm³/mol. The highest BCUT2D eigenvalue weighted by Crippen LogP contribution is 2.22. The van der Waals surface area contributed by atoms with Crippen molar-refractivity contribution < 1.29 is 4.79 Å². The first kappa shape index (κ1) is 15.4. The summed E-state index contributed by atoms with van der Waals surface area (Å²) in [6.45, 7) is 1.94. The lowest BCUT2D eigenvalue weighted by molar-refractivity contribution is 0.0940. The number of nitrogens with zero attached hydrogens (tertiary/aromatic N) is 2. The average Bonchev–Trinajstić information content (AvgIpc) is 2.91. The van der Waals surface area contributed by atoms with Crippen LogP contribution >= 0.6 is 11.3 Å². The minimum absolute atomic E-state index is 0.0629. The molecule has 0 radical (unpaired) electrons. The number of nitrogens with one attached hydrogen (secondary N) is 1. The Morgan fingerprint density at radius 1 is 1.35 bits per heavy atom. The average molecular weight is 327 g/mol. The van der Waals surface area contributed by atoms with Crippen molar-refractivity contribution in [2.24, 2.45) is 7.05 Å². The molecule has 0 aliphatic rings. The lowest BCUT2D eigenvalue weighted by atomic mass is 10.2. The van der Waals surface area contributed by atoms with Gasteiger partial charge in [0.25, 0.3) is 11.5 Å². The van der Waals surface area contributed by atoms with Crippen LogP contribution in [-0.4, -0.2) is 21.5 Å². The summed E-state index contributed by atoms with van der Waals surface area (Å²) < 4.78 is 2.58. The molecule has 0 fully saturated rings. The molecule has 23 heavy (non-hydrogen) atoms. The lowest BCUT2D eigenvalue weighted by Crippen LogP contribution is -2.34. The molecule has 0 saturated carbocycles. The summed E-state index contributed by atoms with van der Waals surface area (Å²) in [5, 5.41) is 3.90. The summed E-state index contributed by atoms with van der Waals surface area (Å²) in [5.74, 6) is -0.240. The number of rotatable bonds is 4. The normalized spacial score (nSPS) is 12.3. The van der Waals surface area contributed by atoms with Crippen LogP contribution in [0.2, 0.25) is 0 Å². The zero-order chi connectivity index (χ0) is 16.4. The number of benzene rings is 1. The number of hydrogen-bond donors (Lipinski definition) is 1. The van der Waals surface area contributed by atoms with Gasteiger partial charge < -0.3 is 9.88 Å². The van der Waals surface area contributed by atoms with Crippen LogP contribution < -0.4 is 10.9 Å². The molecular weight excluding hydrogens is 310 g/mol. The van der Waals surface area contributed by atoms with Gasteiger partial charge in [-0.15, -0.1) is 11.3 Å². The fraction of sp³-hybridized carbons (Fsp3) is 0.235. The molecular formula is C17H17N3O2S. The molecule has 2 heterocycles. The number of carbonyl (C=O) groups is 1. The molecule has 0 unspecified atom stereocenters. The highest BCUT2D eigenvalue weighted by molar-refractivity contribution is 7.18. The summed E-state index contributed by atoms with van der Waals surface area (Å²) >= 11 is 1.64. The van der Waals surface area contributed by atoms with Crippen LogP contribution in [0.15, 0.2) is 47.4 Å². The van der Waals surface area contributed by atoms with Gasteiger partial charge in [-0.3, -0.25) is 9.59 Å². The van der Waals surface area contributed by atoms with E-state index in [1.807, 2.05) is 31.2 Å². The molecule has 6 heteroatoms. The first-order valence-corrected chi connectivity index (χ1v) is 8.16. The van der Waals surface area contributed by atoms with E-state index in [-0.39, 0.29) is 17.5 Å². The maximum atomic E-state index is 12.2. The Kier molecular flexibility index (Phi) is 4.25. The quantitative estimate of drug-likeness (QED) is 0.800. The molecule has 0 spiro atoms. The summed E-state index contributed by atoms with van der Waals surface area (Å²) in [6.07, 6.45) is 2.26. The smallest absolute Gasteiger partial charge is 0.251 e. The van der Waals surface area contributed by atoms with Gasteiger partial charge in [0.15, 0.2) is 0 Å². The number of para-hydroxylation sites is 1. The molecule has 1 aromatic carbocycles. The molecule has 0 aliphatic carbocycles. The highest BCUT2D eigenvalue weighted by Gasteiger charge is 2.13. The van der Waals surface area contributed by atoms with Gasteiger partial charge in [-0.2, -0.15) is 0 Å². The Morgan fingerprint density at radius 3 is 2.87 bits per heavy atom. The largest absolute Gasteiger partial charge is 0.349 e. The zero-order valence-corrected chi connectivity index (χ0v) is 13.8. The van der Waals surface area contributed by atoms with Crippen LogP contribution in [0.4, 0.5) is 0 Å². The number of pyridine rings is 1. The van der Waals surface area contributed by atoms with Crippen molar-refractivity contribution in [3.8, 4) is 0 Å². The fourth-order valence-electron chi connectivity index (χ4n) is 2.32. The fourth-order valence-corrected chi connectivity index (χ4v) is 3.41. The van der Waals surface area contributed by atoms with Gasteiger partial charge in [0, 0.05) is 37.3 Å². The van der Waals surface area contributed by atoms with Crippen LogP contribution in [-0.2, 0) is 13.5 Å². The highest BCUT2D eigenvalue weighted by atomic mass is 32.1. The van der Waals surface area contributed by atoms with Gasteiger partial charge in [-0.05, 0) is 25.1 Å². The van der Waals surface area contributed by atoms with Crippen LogP contribution in [0.25, 0.3) is 10.2 Å². The van der Waals surface area contributed by atoms with E-state index in [1.54, 1.807) is 30.6 Å². The van der Waals surface area contributed by atoms with Gasteiger partial charge in [-0.1, -0.05) is 12.1 Å². The minimum atomic E-state index is -0.240. The van der Waals surface area contributed by atoms with Crippen molar-refractivity contribution in [3.63, 3.8) is 0 Å². The van der Waals surface area contributed by atoms with Crippen LogP contribution in [0.1, 0.15) is 22.3 Å². The van der Waals surface area contributed by atoms with E-state index in [2.05, 4.69) is 10.3 Å². The maximum Gasteiger partial charge on any atom is 0.251 e. The third-order valence-electron chi connectivity index (χ3n) is 3.56. The second kappa shape index (κ2) is 6.34. The minimum Gasteiger partial charge on any atom is -0.349 e. The first-order chi connectivity index (χ1) is 11.0. The van der Waals surface area contributed by atoms with Crippen molar-refractivity contribution in [3.05, 3.63) is 63.5 Å². The molecule has 5 nitrogen and oxygen atoms in total. The molecule has 0 saturated heterocycles. The molecule has 0 aliphatic heterocycles. The molecule has 1 N–H and O–H groups in total. The third-order valence-corrected chi connectivity index (χ3v) is 4.62. The second-order valence-electron chi connectivity index (χ2n) is 5.52. The van der Waals surface area contributed by atoms with Gasteiger partial charge in [-0.25, -0.2) is 4.98 Å². The number of fused-ring (bicyclic) bond motifs is 1. The summed E-state index contributed by atoms with van der Waals surface area (Å²) in [7, 11) is 1.65. The van der Waals surface area contributed by atoms with E-state index in [0.717, 1.165) is 15.2 Å². The Balaban J connectivity index is 1.68. The first-order valence-electron chi connectivity index (χ1n) is 7.35. The lowest BCUT2D eigenvalue weighted by Gasteiger charge is -2.12. The van der Waals surface area contributed by atoms with Crippen molar-refractivity contribution in [1.29, 1.82) is 0 Å². The van der Waals surface area contributed by atoms with Gasteiger partial charge in [0.2, 0.25) is 0 Å². The van der Waals surface area contributed by atoms with Crippen molar-refractivity contribution >= 4 is 27.5 Å². The molecule has 1 atom stereocenters. The Morgan fingerprint density at radius 2 is 2.13 bits per heavy atom. The molecule has 118 valence electrons. The zero-order valence-electron chi connectivity index (χ0n) is 12.9. The van der Waals surface area contributed by atoms with E-state index in [1.165, 1.54) is 10.6 Å². The summed E-state index contributed by atoms with van der Waals surface area (Å²) in [6, 6.07) is 10.9. The molecule has 3 rings (SSSR count). The topological polar surface area (TPSA) is 64.0 Å². The summed E-state index contributed by atoms with van der Waals surface area (Å²) in [4.78, 5) is 28.4. The van der Waals surface area contributed by atoms with Crippen molar-refractivity contribution in [1.82, 2.24) is 14.9 Å². The van der Waals surface area contributed by atoms with Gasteiger partial charge in [0.05, 0.1) is 15.2 Å². The maximum absolute atomic E-state index is 12.2. The Labute approximate surface area is 137 Å². The third kappa shape index (κ3) is 3.48. The van der Waals surface area contributed by atoms with Gasteiger partial charge >= 0.3 is 0 Å². The molecule has 2 aromatic heterocycles.